The molecule has 1 aromatic heterocycles. The molecule has 0 aliphatic heterocycles. The van der Waals surface area contributed by atoms with Crippen molar-refractivity contribution in [2.24, 2.45) is 0 Å². The van der Waals surface area contributed by atoms with Gasteiger partial charge in [0.1, 0.15) is 5.76 Å². The second kappa shape index (κ2) is 11.7. The average molecular weight is 396 g/mol. The van der Waals surface area contributed by atoms with E-state index in [0.717, 1.165) is 30.7 Å². The van der Waals surface area contributed by atoms with E-state index in [1.54, 1.807) is 18.7 Å². The van der Waals surface area contributed by atoms with Crippen molar-refractivity contribution in [1.82, 2.24) is 10.8 Å². The van der Waals surface area contributed by atoms with Crippen LogP contribution in [0.1, 0.15) is 36.1 Å². The minimum absolute atomic E-state index is 0.0828. The Labute approximate surface area is 171 Å². The molecular formula is C23H28N2O4. The van der Waals surface area contributed by atoms with Crippen molar-refractivity contribution in [2.75, 3.05) is 20.7 Å². The van der Waals surface area contributed by atoms with Gasteiger partial charge in [0.05, 0.1) is 12.9 Å². The number of furan rings is 1. The average Bonchev–Trinajstić information content (AvgIpc) is 2.97. The topological polar surface area (TPSA) is 83.7 Å². The standard InChI is InChI=1S/C14H16N2O3.C9H12O/c1-15-9-10-3-2-4-11(6-5-10)12-7-8-13(19-12)14(17)16-18;1-8-4-3-5-9(10-2)7-6-8/h3-8,15,18H,2,9H2,1H3,(H,16,17);3-4,6-7H,5H2,1-2H3. The van der Waals surface area contributed by atoms with Gasteiger partial charge in [0.25, 0.3) is 0 Å². The lowest BCUT2D eigenvalue weighted by molar-refractivity contribution is 0.0675. The highest BCUT2D eigenvalue weighted by molar-refractivity contribution is 5.91. The van der Waals surface area contributed by atoms with Crippen LogP contribution in [0, 0.1) is 0 Å². The summed E-state index contributed by atoms with van der Waals surface area (Å²) in [7, 11) is 3.61. The van der Waals surface area contributed by atoms with Gasteiger partial charge >= 0.3 is 5.91 Å². The zero-order chi connectivity index (χ0) is 21.1. The molecule has 1 aromatic rings. The number of hydrogen-bond donors (Lipinski definition) is 3. The Morgan fingerprint density at radius 2 is 2.03 bits per heavy atom. The van der Waals surface area contributed by atoms with Crippen LogP contribution in [-0.4, -0.2) is 31.8 Å². The van der Waals surface area contributed by atoms with E-state index in [2.05, 4.69) is 36.5 Å². The zero-order valence-electron chi connectivity index (χ0n) is 17.1. The number of nitrogens with one attached hydrogen (secondary N) is 2. The highest BCUT2D eigenvalue weighted by atomic mass is 16.5. The quantitative estimate of drug-likeness (QED) is 0.510. The van der Waals surface area contributed by atoms with Gasteiger partial charge in [-0.3, -0.25) is 10.0 Å². The van der Waals surface area contributed by atoms with Crippen LogP contribution in [0.3, 0.4) is 0 Å². The number of likely N-dealkylation sites (N-methyl/N-ethyl adjacent to an activating group) is 1. The van der Waals surface area contributed by atoms with Crippen molar-refractivity contribution < 1.29 is 19.2 Å². The Hall–Kier alpha value is -3.09. The largest absolute Gasteiger partial charge is 0.501 e. The molecule has 154 valence electrons. The molecule has 1 amide bonds. The van der Waals surface area contributed by atoms with E-state index in [9.17, 15) is 4.79 Å². The number of carbonyl (C=O) groups excluding carboxylic acids is 1. The minimum Gasteiger partial charge on any atom is -0.501 e. The molecular weight excluding hydrogens is 368 g/mol. The maximum Gasteiger partial charge on any atom is 0.310 e. The van der Waals surface area contributed by atoms with Crippen molar-refractivity contribution in [1.29, 1.82) is 0 Å². The van der Waals surface area contributed by atoms with Gasteiger partial charge in [-0.25, -0.2) is 5.48 Å². The van der Waals surface area contributed by atoms with E-state index in [-0.39, 0.29) is 5.76 Å². The summed E-state index contributed by atoms with van der Waals surface area (Å²) in [4.78, 5) is 11.2. The Morgan fingerprint density at radius 3 is 2.76 bits per heavy atom. The third kappa shape index (κ3) is 7.10. The third-order valence-corrected chi connectivity index (χ3v) is 4.29. The van der Waals surface area contributed by atoms with Crippen molar-refractivity contribution in [2.45, 2.75) is 19.8 Å². The van der Waals surface area contributed by atoms with Gasteiger partial charge in [-0.05, 0) is 44.2 Å². The fraction of sp³-hybridized carbons (Fsp3) is 0.261. The van der Waals surface area contributed by atoms with Gasteiger partial charge in [0.15, 0.2) is 5.76 Å². The zero-order valence-corrected chi connectivity index (χ0v) is 17.1. The number of methoxy groups -OCH3 is 1. The first-order valence-electron chi connectivity index (χ1n) is 9.42. The second-order valence-corrected chi connectivity index (χ2v) is 6.50. The lowest BCUT2D eigenvalue weighted by atomic mass is 10.1. The maximum atomic E-state index is 11.2. The van der Waals surface area contributed by atoms with Crippen molar-refractivity contribution in [3.05, 3.63) is 89.2 Å². The summed E-state index contributed by atoms with van der Waals surface area (Å²) in [6, 6.07) is 3.24. The van der Waals surface area contributed by atoms with E-state index in [0.29, 0.717) is 5.76 Å². The number of carbonyl (C=O) groups is 1. The van der Waals surface area contributed by atoms with Crippen LogP contribution in [0.4, 0.5) is 0 Å². The molecule has 0 fully saturated rings. The van der Waals surface area contributed by atoms with Gasteiger partial charge in [-0.2, -0.15) is 0 Å². The molecule has 0 radical (unpaired) electrons. The summed E-state index contributed by atoms with van der Waals surface area (Å²) >= 11 is 0. The number of hydroxylamine groups is 1. The summed E-state index contributed by atoms with van der Waals surface area (Å²) in [6.45, 7) is 2.89. The van der Waals surface area contributed by atoms with Crippen molar-refractivity contribution >= 4 is 11.5 Å². The molecule has 0 spiro atoms. The molecule has 3 rings (SSSR count). The molecule has 0 saturated heterocycles. The normalized spacial score (nSPS) is 15.6. The molecule has 2 aliphatic rings. The first kappa shape index (κ1) is 22.2. The summed E-state index contributed by atoms with van der Waals surface area (Å²) < 4.78 is 10.5. The molecule has 0 bridgehead atoms. The summed E-state index contributed by atoms with van der Waals surface area (Å²) in [5.74, 6) is 1.06. The Balaban J connectivity index is 0.000000253. The van der Waals surface area contributed by atoms with E-state index in [1.165, 1.54) is 17.2 Å². The molecule has 6 nitrogen and oxygen atoms in total. The van der Waals surface area contributed by atoms with Gasteiger partial charge < -0.3 is 14.5 Å². The van der Waals surface area contributed by atoms with Crippen LogP contribution in [-0.2, 0) is 4.74 Å². The van der Waals surface area contributed by atoms with Crippen molar-refractivity contribution in [3.8, 4) is 0 Å². The van der Waals surface area contributed by atoms with E-state index < -0.39 is 5.91 Å². The fourth-order valence-corrected chi connectivity index (χ4v) is 2.72. The summed E-state index contributed by atoms with van der Waals surface area (Å²) in [5.41, 5.74) is 4.93. The SMILES string of the molecule is CNCC1=CCC=C(c2ccc(C(=O)NO)o2)C=C1.COC1=CC=C(C)C=CC1. The van der Waals surface area contributed by atoms with E-state index in [4.69, 9.17) is 14.4 Å². The lowest BCUT2D eigenvalue weighted by Crippen LogP contribution is -2.17. The smallest absolute Gasteiger partial charge is 0.310 e. The molecule has 0 saturated carbocycles. The van der Waals surface area contributed by atoms with Gasteiger partial charge in [-0.15, -0.1) is 0 Å². The number of amides is 1. The van der Waals surface area contributed by atoms with E-state index >= 15 is 0 Å². The van der Waals surface area contributed by atoms with Crippen LogP contribution < -0.4 is 10.8 Å². The molecule has 6 heteroatoms. The lowest BCUT2D eigenvalue weighted by Gasteiger charge is -1.98. The van der Waals surface area contributed by atoms with Crippen LogP contribution >= 0.6 is 0 Å². The Kier molecular flexibility index (Phi) is 8.95. The highest BCUT2D eigenvalue weighted by Gasteiger charge is 2.12. The number of rotatable bonds is 5. The van der Waals surface area contributed by atoms with Gasteiger partial charge in [0.2, 0.25) is 0 Å². The van der Waals surface area contributed by atoms with Crippen molar-refractivity contribution in [3.63, 3.8) is 0 Å². The fourth-order valence-electron chi connectivity index (χ4n) is 2.72. The molecule has 2 aliphatic carbocycles. The molecule has 1 heterocycles. The summed E-state index contributed by atoms with van der Waals surface area (Å²) in [5, 5.41) is 11.6. The predicted molar refractivity (Wildman–Crippen MR) is 114 cm³/mol. The first-order chi connectivity index (χ1) is 14.1. The summed E-state index contributed by atoms with van der Waals surface area (Å²) in [6.07, 6.45) is 18.1. The third-order valence-electron chi connectivity index (χ3n) is 4.29. The molecule has 0 unspecified atom stereocenters. The van der Waals surface area contributed by atoms with E-state index in [1.807, 2.05) is 31.4 Å². The predicted octanol–water partition coefficient (Wildman–Crippen LogP) is 4.31. The monoisotopic (exact) mass is 396 g/mol. The highest BCUT2D eigenvalue weighted by Crippen LogP contribution is 2.22. The number of allylic oxidation sites excluding steroid dienone is 9. The van der Waals surface area contributed by atoms with Gasteiger partial charge in [-0.1, -0.05) is 48.1 Å². The second-order valence-electron chi connectivity index (χ2n) is 6.50. The molecule has 0 aromatic carbocycles. The first-order valence-corrected chi connectivity index (χ1v) is 9.42. The molecule has 29 heavy (non-hydrogen) atoms. The molecule has 3 N–H and O–H groups in total. The molecule has 0 atom stereocenters. The van der Waals surface area contributed by atoms with Crippen LogP contribution in [0.2, 0.25) is 0 Å². The van der Waals surface area contributed by atoms with Gasteiger partial charge in [0, 0.05) is 18.5 Å². The van der Waals surface area contributed by atoms with Crippen LogP contribution in [0.15, 0.2) is 82.1 Å². The number of ether oxygens (including phenoxy) is 1. The Bertz CT molecular complexity index is 882. The Morgan fingerprint density at radius 1 is 1.21 bits per heavy atom. The van der Waals surface area contributed by atoms with Crippen LogP contribution in [0.25, 0.3) is 5.57 Å². The maximum absolute atomic E-state index is 11.2. The minimum atomic E-state index is -0.654. The number of hydrogen-bond acceptors (Lipinski definition) is 5. The van der Waals surface area contributed by atoms with Crippen LogP contribution in [0.5, 0.6) is 0 Å².